The lowest BCUT2D eigenvalue weighted by molar-refractivity contribution is 0.340. The maximum absolute atomic E-state index is 5.97. The van der Waals surface area contributed by atoms with Crippen LogP contribution >= 0.6 is 0 Å². The zero-order valence-electron chi connectivity index (χ0n) is 15.6. The van der Waals surface area contributed by atoms with Gasteiger partial charge in [-0.15, -0.1) is 15.3 Å². The van der Waals surface area contributed by atoms with Gasteiger partial charge in [0.25, 0.3) is 0 Å². The third-order valence-electron chi connectivity index (χ3n) is 4.18. The van der Waals surface area contributed by atoms with E-state index in [1.54, 1.807) is 50.1 Å². The molecule has 4 aromatic rings. The van der Waals surface area contributed by atoms with Crippen molar-refractivity contribution >= 4 is 5.65 Å². The predicted octanol–water partition coefficient (Wildman–Crippen LogP) is 3.61. The van der Waals surface area contributed by atoms with Crippen LogP contribution in [0.4, 0.5) is 0 Å². The molecule has 0 amide bonds. The molecule has 0 atom stereocenters. The van der Waals surface area contributed by atoms with Crippen LogP contribution in [0.2, 0.25) is 0 Å². The zero-order valence-corrected chi connectivity index (χ0v) is 15.6. The molecule has 0 bridgehead atoms. The molecule has 0 radical (unpaired) electrons. The second kappa shape index (κ2) is 7.43. The van der Waals surface area contributed by atoms with E-state index < -0.39 is 0 Å². The van der Waals surface area contributed by atoms with Gasteiger partial charge in [-0.2, -0.15) is 4.52 Å². The molecule has 8 heteroatoms. The first kappa shape index (κ1) is 17.6. The highest BCUT2D eigenvalue weighted by molar-refractivity contribution is 5.60. The van der Waals surface area contributed by atoms with Crippen molar-refractivity contribution in [1.82, 2.24) is 19.8 Å². The van der Waals surface area contributed by atoms with Crippen molar-refractivity contribution in [2.45, 2.75) is 0 Å². The molecule has 2 aromatic carbocycles. The van der Waals surface area contributed by atoms with E-state index in [0.717, 1.165) is 11.3 Å². The van der Waals surface area contributed by atoms with Crippen molar-refractivity contribution in [3.05, 3.63) is 54.6 Å². The number of fused-ring (bicyclic) bond motifs is 1. The van der Waals surface area contributed by atoms with Gasteiger partial charge >= 0.3 is 0 Å². The second-order valence-corrected chi connectivity index (χ2v) is 5.79. The molecule has 2 heterocycles. The molecule has 0 unspecified atom stereocenters. The van der Waals surface area contributed by atoms with Crippen LogP contribution in [0.1, 0.15) is 0 Å². The molecular formula is C20H18N4O4. The van der Waals surface area contributed by atoms with Gasteiger partial charge in [-0.3, -0.25) is 0 Å². The summed E-state index contributed by atoms with van der Waals surface area (Å²) in [6.45, 7) is 0. The molecular weight excluding hydrogens is 360 g/mol. The van der Waals surface area contributed by atoms with Gasteiger partial charge in [0.1, 0.15) is 5.75 Å². The van der Waals surface area contributed by atoms with Crippen LogP contribution in [-0.2, 0) is 0 Å². The van der Waals surface area contributed by atoms with E-state index >= 15 is 0 Å². The van der Waals surface area contributed by atoms with E-state index in [1.807, 2.05) is 30.3 Å². The maximum Gasteiger partial charge on any atom is 0.237 e. The molecule has 28 heavy (non-hydrogen) atoms. The lowest BCUT2D eigenvalue weighted by Crippen LogP contribution is -2.00. The van der Waals surface area contributed by atoms with Gasteiger partial charge in [0, 0.05) is 11.6 Å². The standard InChI is InChI=1S/C20H18N4O4/c1-25-14-9-7-13(8-10-14)20-22-21-17-11-12-18(23-24(17)20)28-19-15(26-2)5-4-6-16(19)27-3/h4-12H,1-3H3. The molecule has 142 valence electrons. The summed E-state index contributed by atoms with van der Waals surface area (Å²) in [6.07, 6.45) is 0. The van der Waals surface area contributed by atoms with Gasteiger partial charge in [0.2, 0.25) is 11.6 Å². The van der Waals surface area contributed by atoms with Crippen molar-refractivity contribution in [3.8, 4) is 40.3 Å². The maximum atomic E-state index is 5.97. The summed E-state index contributed by atoms with van der Waals surface area (Å²) >= 11 is 0. The van der Waals surface area contributed by atoms with Gasteiger partial charge in [0.15, 0.2) is 23.0 Å². The number of nitrogens with zero attached hydrogens (tertiary/aromatic N) is 4. The molecule has 8 nitrogen and oxygen atoms in total. The van der Waals surface area contributed by atoms with Crippen LogP contribution in [0.25, 0.3) is 17.0 Å². The smallest absolute Gasteiger partial charge is 0.237 e. The Hall–Kier alpha value is -3.81. The van der Waals surface area contributed by atoms with Crippen molar-refractivity contribution in [3.63, 3.8) is 0 Å². The average molecular weight is 378 g/mol. The van der Waals surface area contributed by atoms with E-state index in [-0.39, 0.29) is 0 Å². The first-order valence-electron chi connectivity index (χ1n) is 8.49. The van der Waals surface area contributed by atoms with Crippen molar-refractivity contribution in [2.24, 2.45) is 0 Å². The molecule has 0 spiro atoms. The minimum absolute atomic E-state index is 0.352. The fourth-order valence-corrected chi connectivity index (χ4v) is 2.77. The third-order valence-corrected chi connectivity index (χ3v) is 4.18. The molecule has 2 aromatic heterocycles. The van der Waals surface area contributed by atoms with Crippen LogP contribution in [0.5, 0.6) is 28.9 Å². The summed E-state index contributed by atoms with van der Waals surface area (Å²) in [5.41, 5.74) is 1.46. The Morgan fingerprint density at radius 3 is 2.11 bits per heavy atom. The minimum atomic E-state index is 0.352. The fourth-order valence-electron chi connectivity index (χ4n) is 2.77. The topological polar surface area (TPSA) is 80.0 Å². The monoisotopic (exact) mass is 378 g/mol. The number of aromatic nitrogens is 4. The summed E-state index contributed by atoms with van der Waals surface area (Å²) in [5.74, 6) is 3.23. The summed E-state index contributed by atoms with van der Waals surface area (Å²) in [4.78, 5) is 0. The van der Waals surface area contributed by atoms with Gasteiger partial charge in [0.05, 0.1) is 21.3 Å². The van der Waals surface area contributed by atoms with Crippen LogP contribution in [0, 0.1) is 0 Å². The fraction of sp³-hybridized carbons (Fsp3) is 0.150. The second-order valence-electron chi connectivity index (χ2n) is 5.79. The Morgan fingerprint density at radius 1 is 0.750 bits per heavy atom. The number of methoxy groups -OCH3 is 3. The summed E-state index contributed by atoms with van der Waals surface area (Å²) < 4.78 is 23.5. The molecule has 0 N–H and O–H groups in total. The normalized spacial score (nSPS) is 10.7. The summed E-state index contributed by atoms with van der Waals surface area (Å²) in [7, 11) is 4.76. The highest BCUT2D eigenvalue weighted by Gasteiger charge is 2.15. The largest absolute Gasteiger partial charge is 0.497 e. The summed E-state index contributed by atoms with van der Waals surface area (Å²) in [6, 6.07) is 16.4. The SMILES string of the molecule is COc1ccc(-c2nnc3ccc(Oc4c(OC)cccc4OC)nn23)cc1. The first-order chi connectivity index (χ1) is 13.7. The predicted molar refractivity (Wildman–Crippen MR) is 102 cm³/mol. The van der Waals surface area contributed by atoms with Crippen LogP contribution < -0.4 is 18.9 Å². The Kier molecular flexibility index (Phi) is 4.67. The van der Waals surface area contributed by atoms with E-state index in [1.165, 1.54) is 0 Å². The molecule has 4 rings (SSSR count). The number of para-hydroxylation sites is 1. The summed E-state index contributed by atoms with van der Waals surface area (Å²) in [5, 5.41) is 12.9. The van der Waals surface area contributed by atoms with E-state index in [2.05, 4.69) is 15.3 Å². The highest BCUT2D eigenvalue weighted by Crippen LogP contribution is 2.39. The van der Waals surface area contributed by atoms with E-state index in [0.29, 0.717) is 34.6 Å². The molecule has 0 aliphatic carbocycles. The Labute approximate surface area is 161 Å². The number of rotatable bonds is 6. The van der Waals surface area contributed by atoms with Gasteiger partial charge in [-0.1, -0.05) is 6.07 Å². The number of benzene rings is 2. The van der Waals surface area contributed by atoms with Crippen LogP contribution in [-0.4, -0.2) is 41.1 Å². The molecule has 0 fully saturated rings. The Morgan fingerprint density at radius 2 is 1.46 bits per heavy atom. The first-order valence-corrected chi connectivity index (χ1v) is 8.49. The molecule has 0 aliphatic rings. The van der Waals surface area contributed by atoms with Crippen molar-refractivity contribution < 1.29 is 18.9 Å². The van der Waals surface area contributed by atoms with E-state index in [4.69, 9.17) is 18.9 Å². The van der Waals surface area contributed by atoms with Crippen molar-refractivity contribution in [2.75, 3.05) is 21.3 Å². The number of hydrogen-bond donors (Lipinski definition) is 0. The quantitative estimate of drug-likeness (QED) is 0.507. The minimum Gasteiger partial charge on any atom is -0.497 e. The number of hydrogen-bond acceptors (Lipinski definition) is 7. The van der Waals surface area contributed by atoms with E-state index in [9.17, 15) is 0 Å². The van der Waals surface area contributed by atoms with Gasteiger partial charge in [-0.05, 0) is 42.5 Å². The lowest BCUT2D eigenvalue weighted by atomic mass is 10.2. The molecule has 0 saturated carbocycles. The Balaban J connectivity index is 1.74. The third kappa shape index (κ3) is 3.16. The highest BCUT2D eigenvalue weighted by atomic mass is 16.5. The van der Waals surface area contributed by atoms with Crippen LogP contribution in [0.3, 0.4) is 0 Å². The zero-order chi connectivity index (χ0) is 19.5. The van der Waals surface area contributed by atoms with Gasteiger partial charge in [-0.25, -0.2) is 0 Å². The lowest BCUT2D eigenvalue weighted by Gasteiger charge is -2.13. The average Bonchev–Trinajstić information content (AvgIpc) is 3.17. The van der Waals surface area contributed by atoms with Crippen molar-refractivity contribution in [1.29, 1.82) is 0 Å². The molecule has 0 saturated heterocycles. The number of ether oxygens (including phenoxy) is 4. The molecule has 0 aliphatic heterocycles. The van der Waals surface area contributed by atoms with Crippen LogP contribution in [0.15, 0.2) is 54.6 Å². The van der Waals surface area contributed by atoms with Gasteiger partial charge < -0.3 is 18.9 Å². The Bertz CT molecular complexity index is 1090.